The molecular weight excluding hydrogens is 368 g/mol. The summed E-state index contributed by atoms with van der Waals surface area (Å²) >= 11 is 0. The van der Waals surface area contributed by atoms with Gasteiger partial charge in [0, 0.05) is 6.42 Å². The number of carbonyl (C=O) groups is 1. The zero-order valence-electron chi connectivity index (χ0n) is 20.7. The molecule has 1 rings (SSSR count). The van der Waals surface area contributed by atoms with Gasteiger partial charge in [0.1, 0.15) is 0 Å². The molecule has 1 fully saturated rings. The van der Waals surface area contributed by atoms with E-state index in [1.54, 1.807) is 0 Å². The van der Waals surface area contributed by atoms with E-state index in [1.807, 2.05) is 0 Å². The van der Waals surface area contributed by atoms with Crippen molar-refractivity contribution in [3.63, 3.8) is 0 Å². The van der Waals surface area contributed by atoms with Gasteiger partial charge in [-0.3, -0.25) is 4.79 Å². The van der Waals surface area contributed by atoms with Crippen LogP contribution in [0.4, 0.5) is 0 Å². The van der Waals surface area contributed by atoms with Gasteiger partial charge in [-0.1, -0.05) is 136 Å². The zero-order chi connectivity index (χ0) is 21.7. The fourth-order valence-electron chi connectivity index (χ4n) is 5.07. The number of esters is 1. The molecule has 1 aliphatic carbocycles. The van der Waals surface area contributed by atoms with Crippen molar-refractivity contribution in [2.24, 2.45) is 11.8 Å². The van der Waals surface area contributed by atoms with E-state index in [-0.39, 0.29) is 5.97 Å². The smallest absolute Gasteiger partial charge is 0.305 e. The average Bonchev–Trinajstić information content (AvgIpc) is 2.77. The van der Waals surface area contributed by atoms with Gasteiger partial charge in [-0.05, 0) is 24.7 Å². The Kier molecular flexibility index (Phi) is 18.7. The van der Waals surface area contributed by atoms with Gasteiger partial charge in [0.05, 0.1) is 6.61 Å². The van der Waals surface area contributed by atoms with Gasteiger partial charge >= 0.3 is 5.97 Å². The second-order valence-electron chi connectivity index (χ2n) is 10.0. The van der Waals surface area contributed by atoms with Crippen LogP contribution in [0.25, 0.3) is 0 Å². The average molecular weight is 423 g/mol. The Bertz CT molecular complexity index is 373. The van der Waals surface area contributed by atoms with E-state index in [0.717, 1.165) is 24.7 Å². The molecule has 0 aromatic rings. The van der Waals surface area contributed by atoms with E-state index in [1.165, 1.54) is 122 Å². The largest absolute Gasteiger partial charge is 0.466 e. The SMILES string of the molecule is CCCCCCCCCCCC(CCCCC)CCOC(=O)CCC1CCCCC1. The summed E-state index contributed by atoms with van der Waals surface area (Å²) < 4.78 is 5.62. The third-order valence-corrected chi connectivity index (χ3v) is 7.20. The molecule has 1 atom stereocenters. The molecule has 0 aliphatic heterocycles. The maximum atomic E-state index is 12.1. The molecule has 0 N–H and O–H groups in total. The summed E-state index contributed by atoms with van der Waals surface area (Å²) in [5.74, 6) is 1.59. The lowest BCUT2D eigenvalue weighted by atomic mass is 9.86. The van der Waals surface area contributed by atoms with Crippen LogP contribution >= 0.6 is 0 Å². The lowest BCUT2D eigenvalue weighted by Crippen LogP contribution is -2.13. The van der Waals surface area contributed by atoms with Crippen molar-refractivity contribution in [2.75, 3.05) is 6.61 Å². The van der Waals surface area contributed by atoms with E-state index in [0.29, 0.717) is 13.0 Å². The van der Waals surface area contributed by atoms with Crippen LogP contribution in [0.15, 0.2) is 0 Å². The first kappa shape index (κ1) is 27.5. The van der Waals surface area contributed by atoms with Crippen LogP contribution in [0.1, 0.15) is 155 Å². The van der Waals surface area contributed by atoms with Gasteiger partial charge in [0.15, 0.2) is 0 Å². The predicted octanol–water partition coefficient (Wildman–Crippen LogP) is 9.40. The number of hydrogen-bond acceptors (Lipinski definition) is 2. The summed E-state index contributed by atoms with van der Waals surface area (Å²) in [6.45, 7) is 5.22. The Balaban J connectivity index is 2.09. The fraction of sp³-hybridized carbons (Fsp3) is 0.964. The molecule has 0 spiro atoms. The summed E-state index contributed by atoms with van der Waals surface area (Å²) in [5, 5.41) is 0. The first-order valence-electron chi connectivity index (χ1n) is 13.9. The van der Waals surface area contributed by atoms with Crippen molar-refractivity contribution in [3.8, 4) is 0 Å². The first-order chi connectivity index (χ1) is 14.8. The van der Waals surface area contributed by atoms with Crippen LogP contribution in [0.3, 0.4) is 0 Å². The molecule has 1 unspecified atom stereocenters. The van der Waals surface area contributed by atoms with Gasteiger partial charge in [0.25, 0.3) is 0 Å². The van der Waals surface area contributed by atoms with Crippen LogP contribution in [0.2, 0.25) is 0 Å². The molecule has 1 saturated carbocycles. The molecule has 2 nitrogen and oxygen atoms in total. The molecule has 2 heteroatoms. The fourth-order valence-corrected chi connectivity index (χ4v) is 5.07. The van der Waals surface area contributed by atoms with E-state index >= 15 is 0 Å². The number of carbonyl (C=O) groups excluding carboxylic acids is 1. The summed E-state index contributed by atoms with van der Waals surface area (Å²) in [6, 6.07) is 0. The minimum absolute atomic E-state index is 0.0518. The maximum absolute atomic E-state index is 12.1. The van der Waals surface area contributed by atoms with Crippen molar-refractivity contribution >= 4 is 5.97 Å². The van der Waals surface area contributed by atoms with Crippen LogP contribution in [-0.4, -0.2) is 12.6 Å². The monoisotopic (exact) mass is 422 g/mol. The van der Waals surface area contributed by atoms with Crippen LogP contribution in [0.5, 0.6) is 0 Å². The maximum Gasteiger partial charge on any atom is 0.305 e. The molecule has 0 bridgehead atoms. The molecule has 30 heavy (non-hydrogen) atoms. The van der Waals surface area contributed by atoms with E-state index in [4.69, 9.17) is 4.74 Å². The Hall–Kier alpha value is -0.530. The quantitative estimate of drug-likeness (QED) is 0.144. The third-order valence-electron chi connectivity index (χ3n) is 7.20. The number of rotatable bonds is 20. The number of unbranched alkanes of at least 4 members (excludes halogenated alkanes) is 10. The molecular formula is C28H54O2. The minimum atomic E-state index is 0.0518. The van der Waals surface area contributed by atoms with Crippen LogP contribution < -0.4 is 0 Å². The number of ether oxygens (including phenoxy) is 1. The number of hydrogen-bond donors (Lipinski definition) is 0. The second kappa shape index (κ2) is 20.4. The summed E-state index contributed by atoms with van der Waals surface area (Å²) in [4.78, 5) is 12.1. The van der Waals surface area contributed by atoms with Crippen molar-refractivity contribution in [1.29, 1.82) is 0 Å². The van der Waals surface area contributed by atoms with Crippen LogP contribution in [-0.2, 0) is 9.53 Å². The molecule has 0 aromatic carbocycles. The Morgan fingerprint density at radius 1 is 0.733 bits per heavy atom. The molecule has 1 aliphatic rings. The van der Waals surface area contributed by atoms with Gasteiger partial charge in [-0.15, -0.1) is 0 Å². The predicted molar refractivity (Wildman–Crippen MR) is 131 cm³/mol. The van der Waals surface area contributed by atoms with Crippen molar-refractivity contribution in [3.05, 3.63) is 0 Å². The minimum Gasteiger partial charge on any atom is -0.466 e. The van der Waals surface area contributed by atoms with E-state index in [2.05, 4.69) is 13.8 Å². The highest BCUT2D eigenvalue weighted by molar-refractivity contribution is 5.69. The van der Waals surface area contributed by atoms with Gasteiger partial charge in [0.2, 0.25) is 0 Å². The summed E-state index contributed by atoms with van der Waals surface area (Å²) in [6.07, 6.45) is 28.8. The molecule has 0 radical (unpaired) electrons. The van der Waals surface area contributed by atoms with E-state index < -0.39 is 0 Å². The molecule has 178 valence electrons. The molecule has 0 saturated heterocycles. The highest BCUT2D eigenvalue weighted by Gasteiger charge is 2.16. The lowest BCUT2D eigenvalue weighted by molar-refractivity contribution is -0.144. The van der Waals surface area contributed by atoms with Crippen LogP contribution in [0, 0.1) is 11.8 Å². The Labute approximate surface area is 189 Å². The highest BCUT2D eigenvalue weighted by atomic mass is 16.5. The summed E-state index contributed by atoms with van der Waals surface area (Å²) in [5.41, 5.74) is 0. The lowest BCUT2D eigenvalue weighted by Gasteiger charge is -2.21. The van der Waals surface area contributed by atoms with Gasteiger partial charge < -0.3 is 4.74 Å². The van der Waals surface area contributed by atoms with Gasteiger partial charge in [-0.25, -0.2) is 0 Å². The zero-order valence-corrected chi connectivity index (χ0v) is 20.7. The highest BCUT2D eigenvalue weighted by Crippen LogP contribution is 2.27. The standard InChI is InChI=1S/C28H54O2/c1-3-5-7-8-9-10-11-12-15-21-27(18-14-6-4-2)24-25-30-28(29)23-22-26-19-16-13-17-20-26/h26-27H,3-25H2,1-2H3. The Morgan fingerprint density at radius 2 is 1.27 bits per heavy atom. The normalized spacial score (nSPS) is 15.9. The topological polar surface area (TPSA) is 26.3 Å². The van der Waals surface area contributed by atoms with Crippen molar-refractivity contribution in [2.45, 2.75) is 155 Å². The van der Waals surface area contributed by atoms with E-state index in [9.17, 15) is 4.79 Å². The molecule has 0 amide bonds. The van der Waals surface area contributed by atoms with Gasteiger partial charge in [-0.2, -0.15) is 0 Å². The molecule has 0 aromatic heterocycles. The van der Waals surface area contributed by atoms with Crippen molar-refractivity contribution in [1.82, 2.24) is 0 Å². The third kappa shape index (κ3) is 16.2. The molecule has 0 heterocycles. The first-order valence-corrected chi connectivity index (χ1v) is 13.9. The second-order valence-corrected chi connectivity index (χ2v) is 10.0. The Morgan fingerprint density at radius 3 is 1.90 bits per heavy atom. The summed E-state index contributed by atoms with van der Waals surface area (Å²) in [7, 11) is 0. The van der Waals surface area contributed by atoms with Crippen molar-refractivity contribution < 1.29 is 9.53 Å².